The van der Waals surface area contributed by atoms with Gasteiger partial charge in [0.1, 0.15) is 11.5 Å². The van der Waals surface area contributed by atoms with Crippen molar-refractivity contribution in [2.24, 2.45) is 5.92 Å². The van der Waals surface area contributed by atoms with Crippen LogP contribution in [0, 0.1) is 26.7 Å². The SMILES string of the molecule is Cc1cc(-c2cc(C(=O)NCC3CNC3)c3c(C)noc3n2)c(C)o1.Cl. The van der Waals surface area contributed by atoms with Gasteiger partial charge in [-0.2, -0.15) is 0 Å². The minimum absolute atomic E-state index is 0. The summed E-state index contributed by atoms with van der Waals surface area (Å²) in [5.74, 6) is 1.91. The van der Waals surface area contributed by atoms with Crippen molar-refractivity contribution in [3.8, 4) is 11.3 Å². The molecule has 3 aromatic heterocycles. The van der Waals surface area contributed by atoms with Crippen LogP contribution in [0.25, 0.3) is 22.4 Å². The molecule has 7 nitrogen and oxygen atoms in total. The number of amides is 1. The molecule has 1 aliphatic heterocycles. The van der Waals surface area contributed by atoms with Gasteiger partial charge in [-0.15, -0.1) is 12.4 Å². The zero-order valence-corrected chi connectivity index (χ0v) is 15.7. The Balaban J connectivity index is 0.00000196. The molecule has 2 N–H and O–H groups in total. The maximum Gasteiger partial charge on any atom is 0.259 e. The van der Waals surface area contributed by atoms with Crippen molar-refractivity contribution in [1.82, 2.24) is 20.8 Å². The Kier molecular flexibility index (Phi) is 5.02. The van der Waals surface area contributed by atoms with E-state index in [1.165, 1.54) is 0 Å². The van der Waals surface area contributed by atoms with Gasteiger partial charge >= 0.3 is 0 Å². The molecule has 0 aromatic carbocycles. The number of fused-ring (bicyclic) bond motifs is 1. The monoisotopic (exact) mass is 376 g/mol. The van der Waals surface area contributed by atoms with Gasteiger partial charge in [-0.1, -0.05) is 5.16 Å². The summed E-state index contributed by atoms with van der Waals surface area (Å²) in [6.07, 6.45) is 0. The standard InChI is InChI=1S/C18H20N4O3.ClH/c1-9-4-13(11(3)24-9)15-5-14(16-10(2)22-25-18(16)21-15)17(23)20-8-12-6-19-7-12;/h4-5,12,19H,6-8H2,1-3H3,(H,20,23);1H. The van der Waals surface area contributed by atoms with Crippen LogP contribution in [0.1, 0.15) is 27.6 Å². The molecular formula is C18H21ClN4O3. The third-order valence-corrected chi connectivity index (χ3v) is 4.60. The summed E-state index contributed by atoms with van der Waals surface area (Å²) in [5, 5.41) is 10.8. The summed E-state index contributed by atoms with van der Waals surface area (Å²) in [5.41, 5.74) is 3.05. The highest BCUT2D eigenvalue weighted by atomic mass is 35.5. The summed E-state index contributed by atoms with van der Waals surface area (Å²) < 4.78 is 10.9. The lowest BCUT2D eigenvalue weighted by atomic mass is 10.0. The van der Waals surface area contributed by atoms with Crippen LogP contribution < -0.4 is 10.6 Å². The first-order valence-corrected chi connectivity index (χ1v) is 8.36. The fourth-order valence-corrected chi connectivity index (χ4v) is 3.12. The lowest BCUT2D eigenvalue weighted by molar-refractivity contribution is 0.0943. The van der Waals surface area contributed by atoms with Gasteiger partial charge in [0.05, 0.1) is 22.3 Å². The lowest BCUT2D eigenvalue weighted by Crippen LogP contribution is -2.48. The molecule has 8 heteroatoms. The van der Waals surface area contributed by atoms with Crippen LogP contribution in [-0.2, 0) is 0 Å². The largest absolute Gasteiger partial charge is 0.466 e. The van der Waals surface area contributed by atoms with E-state index in [1.54, 1.807) is 6.07 Å². The van der Waals surface area contributed by atoms with Gasteiger partial charge in [0.15, 0.2) is 0 Å². The molecular weight excluding hydrogens is 356 g/mol. The van der Waals surface area contributed by atoms with Crippen molar-refractivity contribution in [3.63, 3.8) is 0 Å². The normalized spacial score (nSPS) is 14.1. The molecule has 0 bridgehead atoms. The highest BCUT2D eigenvalue weighted by Gasteiger charge is 2.22. The Bertz CT molecular complexity index is 959. The molecule has 0 atom stereocenters. The highest BCUT2D eigenvalue weighted by molar-refractivity contribution is 6.07. The van der Waals surface area contributed by atoms with Gasteiger partial charge in [-0.05, 0) is 32.9 Å². The molecule has 26 heavy (non-hydrogen) atoms. The Morgan fingerprint density at radius 1 is 1.31 bits per heavy atom. The molecule has 4 heterocycles. The molecule has 1 saturated heterocycles. The summed E-state index contributed by atoms with van der Waals surface area (Å²) in [6.45, 7) is 8.11. The van der Waals surface area contributed by atoms with Gasteiger partial charge < -0.3 is 19.6 Å². The van der Waals surface area contributed by atoms with E-state index in [-0.39, 0.29) is 18.3 Å². The molecule has 4 rings (SSSR count). The maximum absolute atomic E-state index is 12.8. The molecule has 0 spiro atoms. The molecule has 1 fully saturated rings. The first-order valence-electron chi connectivity index (χ1n) is 8.36. The molecule has 3 aromatic rings. The topological polar surface area (TPSA) is 93.2 Å². The number of carbonyl (C=O) groups excluding carboxylic acids is 1. The predicted molar refractivity (Wildman–Crippen MR) is 99.7 cm³/mol. The first-order chi connectivity index (χ1) is 12.0. The van der Waals surface area contributed by atoms with E-state index in [4.69, 9.17) is 8.94 Å². The quantitative estimate of drug-likeness (QED) is 0.727. The van der Waals surface area contributed by atoms with E-state index in [0.717, 1.165) is 30.2 Å². The second-order valence-corrected chi connectivity index (χ2v) is 6.56. The van der Waals surface area contributed by atoms with E-state index in [2.05, 4.69) is 20.8 Å². The number of furan rings is 1. The molecule has 0 saturated carbocycles. The van der Waals surface area contributed by atoms with Crippen LogP contribution in [0.3, 0.4) is 0 Å². The summed E-state index contributed by atoms with van der Waals surface area (Å²) in [6, 6.07) is 3.70. The first kappa shape index (κ1) is 18.4. The minimum atomic E-state index is -0.135. The van der Waals surface area contributed by atoms with Gasteiger partial charge in [0.2, 0.25) is 0 Å². The lowest BCUT2D eigenvalue weighted by Gasteiger charge is -2.27. The highest BCUT2D eigenvalue weighted by Crippen LogP contribution is 2.30. The second kappa shape index (κ2) is 7.09. The number of hydrogen-bond donors (Lipinski definition) is 2. The smallest absolute Gasteiger partial charge is 0.259 e. The number of carbonyl (C=O) groups is 1. The van der Waals surface area contributed by atoms with E-state index in [0.29, 0.717) is 40.5 Å². The molecule has 0 unspecified atom stereocenters. The van der Waals surface area contributed by atoms with Gasteiger partial charge in [-0.3, -0.25) is 4.79 Å². The second-order valence-electron chi connectivity index (χ2n) is 6.56. The predicted octanol–water partition coefficient (Wildman–Crippen LogP) is 2.78. The van der Waals surface area contributed by atoms with E-state index >= 15 is 0 Å². The Morgan fingerprint density at radius 3 is 2.69 bits per heavy atom. The number of aryl methyl sites for hydroxylation is 3. The summed E-state index contributed by atoms with van der Waals surface area (Å²) in [4.78, 5) is 17.3. The van der Waals surface area contributed by atoms with Crippen LogP contribution in [0.5, 0.6) is 0 Å². The van der Waals surface area contributed by atoms with Crippen molar-refractivity contribution < 1.29 is 13.7 Å². The number of halogens is 1. The Morgan fingerprint density at radius 2 is 2.08 bits per heavy atom. The van der Waals surface area contributed by atoms with Crippen molar-refractivity contribution in [2.75, 3.05) is 19.6 Å². The van der Waals surface area contributed by atoms with E-state index in [9.17, 15) is 4.79 Å². The molecule has 0 radical (unpaired) electrons. The van der Waals surface area contributed by atoms with Gasteiger partial charge in [0.25, 0.3) is 11.6 Å². The number of nitrogens with zero attached hydrogens (tertiary/aromatic N) is 2. The minimum Gasteiger partial charge on any atom is -0.466 e. The maximum atomic E-state index is 12.8. The Hall–Kier alpha value is -2.38. The van der Waals surface area contributed by atoms with Gasteiger partial charge in [-0.25, -0.2) is 4.98 Å². The van der Waals surface area contributed by atoms with Crippen molar-refractivity contribution in [3.05, 3.63) is 34.9 Å². The molecule has 1 aliphatic rings. The molecule has 0 aliphatic carbocycles. The molecule has 138 valence electrons. The summed E-state index contributed by atoms with van der Waals surface area (Å²) in [7, 11) is 0. The van der Waals surface area contributed by atoms with Crippen LogP contribution in [-0.4, -0.2) is 35.7 Å². The van der Waals surface area contributed by atoms with Crippen molar-refractivity contribution in [1.29, 1.82) is 0 Å². The average molecular weight is 377 g/mol. The number of aromatic nitrogens is 2. The van der Waals surface area contributed by atoms with Gasteiger partial charge in [0, 0.05) is 31.1 Å². The van der Waals surface area contributed by atoms with Crippen molar-refractivity contribution in [2.45, 2.75) is 20.8 Å². The van der Waals surface area contributed by atoms with Crippen LogP contribution in [0.2, 0.25) is 0 Å². The summed E-state index contributed by atoms with van der Waals surface area (Å²) >= 11 is 0. The van der Waals surface area contributed by atoms with Crippen LogP contribution in [0.15, 0.2) is 21.1 Å². The zero-order valence-electron chi connectivity index (χ0n) is 14.9. The molecule has 1 amide bonds. The number of pyridine rings is 1. The average Bonchev–Trinajstić information content (AvgIpc) is 3.07. The fourth-order valence-electron chi connectivity index (χ4n) is 3.12. The number of nitrogens with one attached hydrogen (secondary N) is 2. The third kappa shape index (κ3) is 3.20. The van der Waals surface area contributed by atoms with Crippen LogP contribution >= 0.6 is 12.4 Å². The van der Waals surface area contributed by atoms with Crippen molar-refractivity contribution >= 4 is 29.4 Å². The number of rotatable bonds is 4. The Labute approximate surface area is 156 Å². The van der Waals surface area contributed by atoms with E-state index in [1.807, 2.05) is 26.8 Å². The zero-order chi connectivity index (χ0) is 17.6. The third-order valence-electron chi connectivity index (χ3n) is 4.60. The number of hydrogen-bond acceptors (Lipinski definition) is 6. The van der Waals surface area contributed by atoms with Crippen LogP contribution in [0.4, 0.5) is 0 Å². The fraction of sp³-hybridized carbons (Fsp3) is 0.389. The van der Waals surface area contributed by atoms with E-state index < -0.39 is 0 Å².